The average molecular weight is 279 g/mol. The summed E-state index contributed by atoms with van der Waals surface area (Å²) in [6.07, 6.45) is 3.30. The maximum Gasteiger partial charge on any atom is 0.136 e. The molecular formula is C14H21N3OS. The lowest BCUT2D eigenvalue weighted by Gasteiger charge is -2.15. The third kappa shape index (κ3) is 3.42. The Morgan fingerprint density at radius 3 is 3.05 bits per heavy atom. The molecule has 1 aromatic rings. The van der Waals surface area contributed by atoms with Crippen LogP contribution in [-0.2, 0) is 17.6 Å². The van der Waals surface area contributed by atoms with E-state index in [0.29, 0.717) is 10.9 Å². The van der Waals surface area contributed by atoms with Gasteiger partial charge in [-0.15, -0.1) is 0 Å². The summed E-state index contributed by atoms with van der Waals surface area (Å²) in [6.45, 7) is 3.65. The minimum Gasteiger partial charge on any atom is -0.389 e. The zero-order valence-electron chi connectivity index (χ0n) is 11.5. The quantitative estimate of drug-likeness (QED) is 0.779. The van der Waals surface area contributed by atoms with Gasteiger partial charge in [-0.3, -0.25) is 0 Å². The predicted octanol–water partition coefficient (Wildman–Crippen LogP) is 1.90. The van der Waals surface area contributed by atoms with Crippen molar-refractivity contribution in [3.63, 3.8) is 0 Å². The predicted molar refractivity (Wildman–Crippen MR) is 81.7 cm³/mol. The molecule has 0 fully saturated rings. The molecule has 5 heteroatoms. The minimum absolute atomic E-state index is 0.407. The number of rotatable bonds is 6. The molecule has 19 heavy (non-hydrogen) atoms. The van der Waals surface area contributed by atoms with Crippen LogP contribution in [0.5, 0.6) is 0 Å². The van der Waals surface area contributed by atoms with Crippen LogP contribution in [0.3, 0.4) is 0 Å². The highest BCUT2D eigenvalue weighted by atomic mass is 32.1. The number of aromatic nitrogens is 1. The molecule has 1 heterocycles. The van der Waals surface area contributed by atoms with E-state index in [1.54, 1.807) is 7.11 Å². The fourth-order valence-electron chi connectivity index (χ4n) is 2.41. The number of hydrogen-bond donors (Lipinski definition) is 2. The first kappa shape index (κ1) is 14.2. The van der Waals surface area contributed by atoms with Gasteiger partial charge in [0.05, 0.1) is 12.2 Å². The largest absolute Gasteiger partial charge is 0.389 e. The van der Waals surface area contributed by atoms with Gasteiger partial charge in [0.25, 0.3) is 0 Å². The number of hydrogen-bond acceptors (Lipinski definition) is 4. The van der Waals surface area contributed by atoms with Crippen LogP contribution >= 0.6 is 12.2 Å². The van der Waals surface area contributed by atoms with E-state index in [-0.39, 0.29) is 0 Å². The number of anilines is 1. The minimum atomic E-state index is 0.407. The maximum absolute atomic E-state index is 5.80. The molecule has 1 atom stereocenters. The second kappa shape index (κ2) is 6.30. The van der Waals surface area contributed by atoms with Crippen LogP contribution in [-0.4, -0.2) is 30.2 Å². The summed E-state index contributed by atoms with van der Waals surface area (Å²) < 4.78 is 5.13. The molecule has 0 saturated heterocycles. The molecule has 0 aromatic carbocycles. The molecular weight excluding hydrogens is 258 g/mol. The Kier molecular flexibility index (Phi) is 4.71. The van der Waals surface area contributed by atoms with Gasteiger partial charge in [-0.25, -0.2) is 4.98 Å². The Bertz CT molecular complexity index is 476. The van der Waals surface area contributed by atoms with E-state index in [1.807, 2.05) is 0 Å². The summed E-state index contributed by atoms with van der Waals surface area (Å²) in [5.74, 6) is 1.23. The molecule has 2 rings (SSSR count). The zero-order chi connectivity index (χ0) is 13.8. The smallest absolute Gasteiger partial charge is 0.136 e. The van der Waals surface area contributed by atoms with Crippen LogP contribution < -0.4 is 11.1 Å². The molecule has 0 amide bonds. The maximum atomic E-state index is 5.80. The highest BCUT2D eigenvalue weighted by Gasteiger charge is 2.17. The highest BCUT2D eigenvalue weighted by Crippen LogP contribution is 2.25. The van der Waals surface area contributed by atoms with E-state index in [9.17, 15) is 0 Å². The van der Waals surface area contributed by atoms with Gasteiger partial charge >= 0.3 is 0 Å². The van der Waals surface area contributed by atoms with Crippen molar-refractivity contribution in [1.82, 2.24) is 4.98 Å². The van der Waals surface area contributed by atoms with E-state index in [0.717, 1.165) is 37.4 Å². The lowest BCUT2D eigenvalue weighted by atomic mass is 10.1. The topological polar surface area (TPSA) is 60.2 Å². The van der Waals surface area contributed by atoms with Crippen molar-refractivity contribution in [2.75, 3.05) is 25.6 Å². The highest BCUT2D eigenvalue weighted by molar-refractivity contribution is 7.80. The Balaban J connectivity index is 2.16. The van der Waals surface area contributed by atoms with Crippen LogP contribution in [0, 0.1) is 5.92 Å². The summed E-state index contributed by atoms with van der Waals surface area (Å²) in [5, 5.41) is 3.35. The third-order valence-corrected chi connectivity index (χ3v) is 3.61. The first-order chi connectivity index (χ1) is 9.11. The summed E-state index contributed by atoms with van der Waals surface area (Å²) >= 11 is 5.12. The molecule has 104 valence electrons. The van der Waals surface area contributed by atoms with Crippen LogP contribution in [0.15, 0.2) is 6.07 Å². The molecule has 0 spiro atoms. The van der Waals surface area contributed by atoms with E-state index >= 15 is 0 Å². The molecule has 1 aromatic heterocycles. The first-order valence-corrected chi connectivity index (χ1v) is 7.08. The molecule has 1 aliphatic rings. The van der Waals surface area contributed by atoms with Crippen molar-refractivity contribution in [1.29, 1.82) is 0 Å². The number of nitrogens with one attached hydrogen (secondary N) is 1. The summed E-state index contributed by atoms with van der Waals surface area (Å²) in [7, 11) is 1.71. The van der Waals surface area contributed by atoms with Gasteiger partial charge < -0.3 is 15.8 Å². The second-order valence-electron chi connectivity index (χ2n) is 5.15. The van der Waals surface area contributed by atoms with Gasteiger partial charge in [0, 0.05) is 19.3 Å². The number of ether oxygens (including phenoxy) is 1. The van der Waals surface area contributed by atoms with Crippen molar-refractivity contribution in [2.45, 2.75) is 26.2 Å². The number of aryl methyl sites for hydroxylation is 2. The van der Waals surface area contributed by atoms with Crippen LogP contribution in [0.2, 0.25) is 0 Å². The Morgan fingerprint density at radius 1 is 1.58 bits per heavy atom. The molecule has 0 bridgehead atoms. The molecule has 0 aliphatic heterocycles. The fourth-order valence-corrected chi connectivity index (χ4v) is 2.56. The number of nitrogens with zero attached hydrogens (tertiary/aromatic N) is 1. The van der Waals surface area contributed by atoms with E-state index in [4.69, 9.17) is 22.7 Å². The van der Waals surface area contributed by atoms with Crippen molar-refractivity contribution >= 4 is 23.0 Å². The van der Waals surface area contributed by atoms with E-state index in [1.165, 1.54) is 17.7 Å². The van der Waals surface area contributed by atoms with Crippen molar-refractivity contribution < 1.29 is 4.74 Å². The Hall–Kier alpha value is -1.20. The first-order valence-electron chi connectivity index (χ1n) is 6.67. The monoisotopic (exact) mass is 279 g/mol. The lowest BCUT2D eigenvalue weighted by Crippen LogP contribution is -2.20. The Morgan fingerprint density at radius 2 is 2.37 bits per heavy atom. The lowest BCUT2D eigenvalue weighted by molar-refractivity contribution is 0.164. The van der Waals surface area contributed by atoms with E-state index in [2.05, 4.69) is 23.3 Å². The number of pyridine rings is 1. The molecule has 0 saturated carbocycles. The molecule has 4 nitrogen and oxygen atoms in total. The number of fused-ring (bicyclic) bond motifs is 1. The SMILES string of the molecule is COCC(C)CNc1nc2c(cc1C(N)=S)CCC2. The van der Waals surface area contributed by atoms with Crippen molar-refractivity contribution in [3.8, 4) is 0 Å². The average Bonchev–Trinajstić information content (AvgIpc) is 2.82. The second-order valence-corrected chi connectivity index (χ2v) is 5.59. The summed E-state index contributed by atoms with van der Waals surface area (Å²) in [5.41, 5.74) is 9.13. The van der Waals surface area contributed by atoms with Crippen molar-refractivity contribution in [3.05, 3.63) is 22.9 Å². The third-order valence-electron chi connectivity index (χ3n) is 3.39. The molecule has 1 aliphatic carbocycles. The van der Waals surface area contributed by atoms with Crippen molar-refractivity contribution in [2.24, 2.45) is 11.7 Å². The van der Waals surface area contributed by atoms with Gasteiger partial charge in [-0.2, -0.15) is 0 Å². The van der Waals surface area contributed by atoms with Gasteiger partial charge in [0.2, 0.25) is 0 Å². The number of nitrogens with two attached hydrogens (primary N) is 1. The van der Waals surface area contributed by atoms with Gasteiger partial charge in [-0.1, -0.05) is 19.1 Å². The fraction of sp³-hybridized carbons (Fsp3) is 0.571. The van der Waals surface area contributed by atoms with E-state index < -0.39 is 0 Å². The summed E-state index contributed by atoms with van der Waals surface area (Å²) in [6, 6.07) is 2.10. The van der Waals surface area contributed by atoms with Crippen LogP contribution in [0.25, 0.3) is 0 Å². The standard InChI is InChI=1S/C14H21N3OS/c1-9(8-18-2)7-16-14-11(13(15)19)6-10-4-3-5-12(10)17-14/h6,9H,3-5,7-8H2,1-2H3,(H2,15,19)(H,16,17). The molecule has 1 unspecified atom stereocenters. The van der Waals surface area contributed by atoms with Gasteiger partial charge in [-0.05, 0) is 36.8 Å². The van der Waals surface area contributed by atoms with Gasteiger partial charge in [0.1, 0.15) is 10.8 Å². The molecule has 0 radical (unpaired) electrons. The van der Waals surface area contributed by atoms with Gasteiger partial charge in [0.15, 0.2) is 0 Å². The normalized spacial score (nSPS) is 15.1. The summed E-state index contributed by atoms with van der Waals surface area (Å²) in [4.78, 5) is 5.09. The van der Waals surface area contributed by atoms with Crippen LogP contribution in [0.1, 0.15) is 30.2 Å². The molecule has 3 N–H and O–H groups in total. The number of methoxy groups -OCH3 is 1. The van der Waals surface area contributed by atoms with Crippen LogP contribution in [0.4, 0.5) is 5.82 Å². The zero-order valence-corrected chi connectivity index (χ0v) is 12.3. The Labute approximate surface area is 119 Å². The number of thiocarbonyl (C=S) groups is 1.